The second-order valence-corrected chi connectivity index (χ2v) is 6.67. The molecule has 1 amide bonds. The Morgan fingerprint density at radius 3 is 2.57 bits per heavy atom. The van der Waals surface area contributed by atoms with Gasteiger partial charge in [-0.15, -0.1) is 0 Å². The van der Waals surface area contributed by atoms with Crippen molar-refractivity contribution in [3.05, 3.63) is 29.8 Å². The summed E-state index contributed by atoms with van der Waals surface area (Å²) in [5, 5.41) is 9.51. The lowest BCUT2D eigenvalue weighted by Crippen LogP contribution is -2.29. The average molecular weight is 340 g/mol. The predicted octanol–water partition coefficient (Wildman–Crippen LogP) is 4.64. The summed E-state index contributed by atoms with van der Waals surface area (Å²) in [5.41, 5.74) is 0.877. The standard InChI is InChI=1S/C17H28N2O3S/c1-5-7-12-18(6-2)23-19(17(20)21)13-15-10-8-9-11-16(15)22-14(3)4/h8-11,14H,5-7,12-13H2,1-4H3,(H,20,21). The molecule has 1 rings (SSSR count). The van der Waals surface area contributed by atoms with E-state index < -0.39 is 6.09 Å². The van der Waals surface area contributed by atoms with Gasteiger partial charge < -0.3 is 9.84 Å². The van der Waals surface area contributed by atoms with E-state index in [-0.39, 0.29) is 6.10 Å². The number of carboxylic acid groups (broad SMARTS) is 1. The molecule has 6 heteroatoms. The van der Waals surface area contributed by atoms with Crippen LogP contribution in [0, 0.1) is 0 Å². The molecular weight excluding hydrogens is 312 g/mol. The number of unbranched alkanes of at least 4 members (excludes halogenated alkanes) is 1. The summed E-state index contributed by atoms with van der Waals surface area (Å²) in [5.74, 6) is 0.742. The van der Waals surface area contributed by atoms with Crippen LogP contribution in [-0.2, 0) is 6.54 Å². The molecule has 0 saturated carbocycles. The van der Waals surface area contributed by atoms with Crippen LogP contribution in [0.3, 0.4) is 0 Å². The van der Waals surface area contributed by atoms with E-state index in [0.717, 1.165) is 37.2 Å². The topological polar surface area (TPSA) is 53.0 Å². The number of amides is 1. The molecule has 0 aliphatic heterocycles. The number of hydrogen-bond donors (Lipinski definition) is 1. The van der Waals surface area contributed by atoms with Gasteiger partial charge in [-0.25, -0.2) is 13.4 Å². The van der Waals surface area contributed by atoms with Crippen LogP contribution in [0.4, 0.5) is 4.79 Å². The van der Waals surface area contributed by atoms with Crippen LogP contribution in [0.2, 0.25) is 0 Å². The highest BCUT2D eigenvalue weighted by Crippen LogP contribution is 2.26. The van der Waals surface area contributed by atoms with E-state index in [9.17, 15) is 9.90 Å². The van der Waals surface area contributed by atoms with Crippen molar-refractivity contribution in [1.82, 2.24) is 8.61 Å². The van der Waals surface area contributed by atoms with E-state index in [4.69, 9.17) is 4.74 Å². The third-order valence-corrected chi connectivity index (χ3v) is 4.34. The fourth-order valence-electron chi connectivity index (χ4n) is 2.02. The first-order valence-electron chi connectivity index (χ1n) is 8.15. The molecule has 0 radical (unpaired) electrons. The molecule has 1 aromatic carbocycles. The molecule has 0 heterocycles. The molecule has 0 aliphatic carbocycles. The van der Waals surface area contributed by atoms with Crippen molar-refractivity contribution in [3.63, 3.8) is 0 Å². The van der Waals surface area contributed by atoms with Crippen LogP contribution in [0.1, 0.15) is 46.1 Å². The zero-order valence-electron chi connectivity index (χ0n) is 14.5. The van der Waals surface area contributed by atoms with Crippen molar-refractivity contribution in [2.75, 3.05) is 13.1 Å². The smallest absolute Gasteiger partial charge is 0.418 e. The minimum Gasteiger partial charge on any atom is -0.491 e. The summed E-state index contributed by atoms with van der Waals surface area (Å²) >= 11 is 1.27. The first-order chi connectivity index (χ1) is 11.0. The first-order valence-corrected chi connectivity index (χ1v) is 8.89. The normalized spacial score (nSPS) is 11.0. The Morgan fingerprint density at radius 1 is 1.30 bits per heavy atom. The average Bonchev–Trinajstić information content (AvgIpc) is 2.51. The molecule has 130 valence electrons. The number of benzene rings is 1. The molecule has 0 spiro atoms. The fourth-order valence-corrected chi connectivity index (χ4v) is 2.89. The lowest BCUT2D eigenvalue weighted by molar-refractivity contribution is 0.172. The lowest BCUT2D eigenvalue weighted by Gasteiger charge is -2.26. The minimum absolute atomic E-state index is 0.0544. The van der Waals surface area contributed by atoms with Crippen molar-refractivity contribution in [2.24, 2.45) is 0 Å². The van der Waals surface area contributed by atoms with Gasteiger partial charge in [0.05, 0.1) is 12.6 Å². The largest absolute Gasteiger partial charge is 0.491 e. The molecule has 0 aliphatic rings. The van der Waals surface area contributed by atoms with Crippen molar-refractivity contribution in [3.8, 4) is 5.75 Å². The highest BCUT2D eigenvalue weighted by atomic mass is 32.2. The maximum absolute atomic E-state index is 11.6. The Labute approximate surface area is 143 Å². The molecular formula is C17H28N2O3S. The molecule has 0 aromatic heterocycles. The van der Waals surface area contributed by atoms with Crippen LogP contribution in [0.25, 0.3) is 0 Å². The number of rotatable bonds is 10. The number of hydrogen-bond acceptors (Lipinski definition) is 4. The van der Waals surface area contributed by atoms with Gasteiger partial charge >= 0.3 is 6.09 Å². The minimum atomic E-state index is -0.940. The van der Waals surface area contributed by atoms with Crippen LogP contribution in [0.5, 0.6) is 5.75 Å². The Balaban J connectivity index is 2.81. The highest BCUT2D eigenvalue weighted by Gasteiger charge is 2.19. The summed E-state index contributed by atoms with van der Waals surface area (Å²) in [4.78, 5) is 11.6. The van der Waals surface area contributed by atoms with E-state index in [1.165, 1.54) is 16.4 Å². The number of para-hydroxylation sites is 1. The lowest BCUT2D eigenvalue weighted by atomic mass is 10.2. The van der Waals surface area contributed by atoms with E-state index in [1.54, 1.807) is 0 Å². The zero-order chi connectivity index (χ0) is 17.2. The van der Waals surface area contributed by atoms with E-state index >= 15 is 0 Å². The van der Waals surface area contributed by atoms with Crippen LogP contribution in [0.15, 0.2) is 24.3 Å². The molecule has 0 saturated heterocycles. The summed E-state index contributed by atoms with van der Waals surface area (Å²) in [7, 11) is 0. The molecule has 0 atom stereocenters. The third kappa shape index (κ3) is 7.14. The Hall–Kier alpha value is -1.40. The van der Waals surface area contributed by atoms with Crippen LogP contribution in [-0.4, -0.2) is 39.0 Å². The van der Waals surface area contributed by atoms with Gasteiger partial charge in [0.25, 0.3) is 0 Å². The molecule has 1 aromatic rings. The van der Waals surface area contributed by atoms with Gasteiger partial charge in [-0.05, 0) is 26.3 Å². The summed E-state index contributed by atoms with van der Waals surface area (Å²) < 4.78 is 9.22. The van der Waals surface area contributed by atoms with E-state index in [1.807, 2.05) is 45.0 Å². The molecule has 23 heavy (non-hydrogen) atoms. The van der Waals surface area contributed by atoms with Gasteiger partial charge in [0.1, 0.15) is 5.75 Å². The molecule has 1 N–H and O–H groups in total. The Bertz CT molecular complexity index is 483. The van der Waals surface area contributed by atoms with E-state index in [2.05, 4.69) is 11.2 Å². The van der Waals surface area contributed by atoms with Gasteiger partial charge in [-0.2, -0.15) is 0 Å². The van der Waals surface area contributed by atoms with Gasteiger partial charge in [0.2, 0.25) is 0 Å². The first kappa shape index (κ1) is 19.6. The summed E-state index contributed by atoms with van der Waals surface area (Å²) in [6.07, 6.45) is 1.26. The Morgan fingerprint density at radius 2 is 2.00 bits per heavy atom. The van der Waals surface area contributed by atoms with Crippen molar-refractivity contribution in [1.29, 1.82) is 0 Å². The van der Waals surface area contributed by atoms with E-state index in [0.29, 0.717) is 6.54 Å². The fraction of sp³-hybridized carbons (Fsp3) is 0.588. The third-order valence-electron chi connectivity index (χ3n) is 3.19. The van der Waals surface area contributed by atoms with Crippen molar-refractivity contribution < 1.29 is 14.6 Å². The molecule has 5 nitrogen and oxygen atoms in total. The number of carbonyl (C=O) groups is 1. The predicted molar refractivity (Wildman–Crippen MR) is 95.5 cm³/mol. The summed E-state index contributed by atoms with van der Waals surface area (Å²) in [6, 6.07) is 7.60. The highest BCUT2D eigenvalue weighted by molar-refractivity contribution is 7.95. The molecule has 0 bridgehead atoms. The second-order valence-electron chi connectivity index (χ2n) is 5.55. The van der Waals surface area contributed by atoms with Gasteiger partial charge in [0.15, 0.2) is 0 Å². The number of nitrogens with zero attached hydrogens (tertiary/aromatic N) is 2. The monoisotopic (exact) mass is 340 g/mol. The maximum atomic E-state index is 11.6. The summed E-state index contributed by atoms with van der Waals surface area (Å²) in [6.45, 7) is 10.1. The van der Waals surface area contributed by atoms with Gasteiger partial charge in [0, 0.05) is 30.8 Å². The number of ether oxygens (including phenoxy) is 1. The second kappa shape index (κ2) is 10.4. The Kier molecular flexibility index (Phi) is 8.87. The molecule has 0 unspecified atom stereocenters. The zero-order valence-corrected chi connectivity index (χ0v) is 15.3. The quantitative estimate of drug-likeness (QED) is 0.629. The maximum Gasteiger partial charge on any atom is 0.418 e. The van der Waals surface area contributed by atoms with Gasteiger partial charge in [-0.1, -0.05) is 38.5 Å². The SMILES string of the molecule is CCCCN(CC)SN(Cc1ccccc1OC(C)C)C(=O)O. The van der Waals surface area contributed by atoms with Crippen molar-refractivity contribution in [2.45, 2.75) is 53.2 Å². The van der Waals surface area contributed by atoms with Gasteiger partial charge in [-0.3, -0.25) is 0 Å². The van der Waals surface area contributed by atoms with Crippen LogP contribution >= 0.6 is 12.1 Å². The van der Waals surface area contributed by atoms with Crippen LogP contribution < -0.4 is 4.74 Å². The molecule has 0 fully saturated rings. The van der Waals surface area contributed by atoms with Crippen molar-refractivity contribution >= 4 is 18.2 Å².